The zero-order chi connectivity index (χ0) is 22.9. The SMILES string of the molecule is CCNC(=NCc1ccc(N2CCC(O)CC2)c(F)c1)NCc1ccc(C)cc1OCC. The molecule has 174 valence electrons. The van der Waals surface area contributed by atoms with Gasteiger partial charge in [0.25, 0.3) is 0 Å². The highest BCUT2D eigenvalue weighted by atomic mass is 19.1. The number of anilines is 1. The normalized spacial score (nSPS) is 15.0. The van der Waals surface area contributed by atoms with Gasteiger partial charge in [-0.3, -0.25) is 0 Å². The molecule has 1 aliphatic rings. The lowest BCUT2D eigenvalue weighted by molar-refractivity contribution is 0.145. The quantitative estimate of drug-likeness (QED) is 0.429. The zero-order valence-corrected chi connectivity index (χ0v) is 19.3. The summed E-state index contributed by atoms with van der Waals surface area (Å²) in [4.78, 5) is 6.62. The van der Waals surface area contributed by atoms with E-state index in [-0.39, 0.29) is 11.9 Å². The first kappa shape index (κ1) is 23.9. The summed E-state index contributed by atoms with van der Waals surface area (Å²) in [5.74, 6) is 1.30. The lowest BCUT2D eigenvalue weighted by Crippen LogP contribution is -2.37. The first-order valence-corrected chi connectivity index (χ1v) is 11.5. The first-order valence-electron chi connectivity index (χ1n) is 11.5. The van der Waals surface area contributed by atoms with E-state index in [0.717, 1.165) is 29.0 Å². The molecule has 2 aromatic carbocycles. The Morgan fingerprint density at radius 3 is 2.62 bits per heavy atom. The number of hydrogen-bond acceptors (Lipinski definition) is 4. The van der Waals surface area contributed by atoms with Crippen LogP contribution in [0.3, 0.4) is 0 Å². The molecule has 0 bridgehead atoms. The Morgan fingerprint density at radius 1 is 1.16 bits per heavy atom. The van der Waals surface area contributed by atoms with E-state index in [4.69, 9.17) is 4.74 Å². The second-order valence-corrected chi connectivity index (χ2v) is 8.10. The van der Waals surface area contributed by atoms with E-state index in [9.17, 15) is 9.50 Å². The van der Waals surface area contributed by atoms with Crippen molar-refractivity contribution in [3.63, 3.8) is 0 Å². The minimum absolute atomic E-state index is 0.243. The third kappa shape index (κ3) is 6.60. The van der Waals surface area contributed by atoms with Crippen LogP contribution in [0, 0.1) is 12.7 Å². The van der Waals surface area contributed by atoms with Gasteiger partial charge in [-0.15, -0.1) is 0 Å². The molecule has 1 saturated heterocycles. The van der Waals surface area contributed by atoms with Gasteiger partial charge in [0.15, 0.2) is 5.96 Å². The molecular formula is C25H35FN4O2. The number of aliphatic hydroxyl groups excluding tert-OH is 1. The average molecular weight is 443 g/mol. The van der Waals surface area contributed by atoms with Crippen LogP contribution in [0.5, 0.6) is 5.75 Å². The van der Waals surface area contributed by atoms with E-state index in [2.05, 4.69) is 27.8 Å². The molecule has 3 N–H and O–H groups in total. The molecule has 2 aromatic rings. The van der Waals surface area contributed by atoms with Crippen LogP contribution >= 0.6 is 0 Å². The molecule has 1 fully saturated rings. The maximum absolute atomic E-state index is 14.7. The van der Waals surface area contributed by atoms with Gasteiger partial charge in [0, 0.05) is 31.7 Å². The van der Waals surface area contributed by atoms with Crippen LogP contribution in [0.15, 0.2) is 41.4 Å². The fourth-order valence-corrected chi connectivity index (χ4v) is 3.80. The molecular weight excluding hydrogens is 407 g/mol. The van der Waals surface area contributed by atoms with Crippen LogP contribution in [-0.2, 0) is 13.1 Å². The molecule has 0 unspecified atom stereocenters. The molecule has 7 heteroatoms. The molecule has 0 saturated carbocycles. The largest absolute Gasteiger partial charge is 0.494 e. The van der Waals surface area contributed by atoms with Gasteiger partial charge in [-0.25, -0.2) is 9.38 Å². The van der Waals surface area contributed by atoms with E-state index in [1.165, 1.54) is 0 Å². The van der Waals surface area contributed by atoms with Crippen LogP contribution in [0.2, 0.25) is 0 Å². The zero-order valence-electron chi connectivity index (χ0n) is 19.3. The smallest absolute Gasteiger partial charge is 0.191 e. The van der Waals surface area contributed by atoms with Crippen molar-refractivity contribution in [1.82, 2.24) is 10.6 Å². The molecule has 32 heavy (non-hydrogen) atoms. The van der Waals surface area contributed by atoms with Gasteiger partial charge in [-0.1, -0.05) is 18.2 Å². The van der Waals surface area contributed by atoms with Gasteiger partial charge >= 0.3 is 0 Å². The topological polar surface area (TPSA) is 69.1 Å². The van der Waals surface area contributed by atoms with Crippen molar-refractivity contribution in [3.8, 4) is 5.75 Å². The van der Waals surface area contributed by atoms with Crippen LogP contribution in [0.1, 0.15) is 43.4 Å². The second kappa shape index (κ2) is 11.7. The predicted molar refractivity (Wildman–Crippen MR) is 128 cm³/mol. The average Bonchev–Trinajstić information content (AvgIpc) is 2.78. The van der Waals surface area contributed by atoms with Crippen LogP contribution in [0.4, 0.5) is 10.1 Å². The molecule has 6 nitrogen and oxygen atoms in total. The summed E-state index contributed by atoms with van der Waals surface area (Å²) in [6.45, 7) is 9.68. The summed E-state index contributed by atoms with van der Waals surface area (Å²) >= 11 is 0. The van der Waals surface area contributed by atoms with Crippen molar-refractivity contribution in [2.45, 2.75) is 52.8 Å². The van der Waals surface area contributed by atoms with Crippen LogP contribution < -0.4 is 20.3 Å². The summed E-state index contributed by atoms with van der Waals surface area (Å²) in [5, 5.41) is 16.3. The number of nitrogens with one attached hydrogen (secondary N) is 2. The molecule has 1 aliphatic heterocycles. The standard InChI is InChI=1S/C25H35FN4O2/c1-4-27-25(29-17-20-8-6-18(3)14-24(20)32-5-2)28-16-19-7-9-23(22(26)15-19)30-12-10-21(31)11-13-30/h6-9,14-15,21,31H,4-5,10-13,16-17H2,1-3H3,(H2,27,28,29). The van der Waals surface area contributed by atoms with E-state index in [1.54, 1.807) is 6.07 Å². The number of hydrogen-bond donors (Lipinski definition) is 3. The number of nitrogens with zero attached hydrogens (tertiary/aromatic N) is 2. The summed E-state index contributed by atoms with van der Waals surface area (Å²) in [7, 11) is 0. The van der Waals surface area contributed by atoms with Crippen LogP contribution in [0.25, 0.3) is 0 Å². The Kier molecular flexibility index (Phi) is 8.73. The molecule has 0 amide bonds. The van der Waals surface area contributed by atoms with Gasteiger partial charge in [0.1, 0.15) is 11.6 Å². The molecule has 0 atom stereocenters. The highest BCUT2D eigenvalue weighted by Gasteiger charge is 2.19. The van der Waals surface area contributed by atoms with Gasteiger partial charge in [0.2, 0.25) is 0 Å². The summed E-state index contributed by atoms with van der Waals surface area (Å²) in [6.07, 6.45) is 1.08. The number of aliphatic imine (C=N–C) groups is 1. The highest BCUT2D eigenvalue weighted by molar-refractivity contribution is 5.79. The number of piperidine rings is 1. The van der Waals surface area contributed by atoms with Crippen molar-refractivity contribution in [3.05, 3.63) is 58.9 Å². The lowest BCUT2D eigenvalue weighted by atomic mass is 10.1. The van der Waals surface area contributed by atoms with E-state index >= 15 is 0 Å². The number of halogens is 1. The maximum Gasteiger partial charge on any atom is 0.191 e. The Bertz CT molecular complexity index is 911. The van der Waals surface area contributed by atoms with E-state index in [0.29, 0.717) is 57.3 Å². The van der Waals surface area contributed by atoms with Crippen molar-refractivity contribution in [2.24, 2.45) is 4.99 Å². The predicted octanol–water partition coefficient (Wildman–Crippen LogP) is 3.75. The Morgan fingerprint density at radius 2 is 1.94 bits per heavy atom. The van der Waals surface area contributed by atoms with Crippen LogP contribution in [-0.4, -0.2) is 43.4 Å². The number of benzene rings is 2. The summed E-state index contributed by atoms with van der Waals surface area (Å²) in [5.41, 5.74) is 3.62. The van der Waals surface area contributed by atoms with Crippen molar-refractivity contribution < 1.29 is 14.2 Å². The Balaban J connectivity index is 1.64. The Hall–Kier alpha value is -2.80. The molecule has 1 heterocycles. The first-order chi connectivity index (χ1) is 15.5. The van der Waals surface area contributed by atoms with Crippen molar-refractivity contribution in [1.29, 1.82) is 0 Å². The lowest BCUT2D eigenvalue weighted by Gasteiger charge is -2.31. The maximum atomic E-state index is 14.7. The number of ether oxygens (including phenoxy) is 1. The molecule has 0 aliphatic carbocycles. The molecule has 0 spiro atoms. The minimum Gasteiger partial charge on any atom is -0.494 e. The van der Waals surface area contributed by atoms with Gasteiger partial charge in [-0.05, 0) is 62.9 Å². The fraction of sp³-hybridized carbons (Fsp3) is 0.480. The summed E-state index contributed by atoms with van der Waals surface area (Å²) < 4.78 is 20.5. The molecule has 0 radical (unpaired) electrons. The van der Waals surface area contributed by atoms with Crippen molar-refractivity contribution >= 4 is 11.6 Å². The van der Waals surface area contributed by atoms with Gasteiger partial charge in [-0.2, -0.15) is 0 Å². The second-order valence-electron chi connectivity index (χ2n) is 8.10. The Labute approximate surface area is 190 Å². The minimum atomic E-state index is -0.274. The number of guanidine groups is 1. The summed E-state index contributed by atoms with van der Waals surface area (Å²) in [6, 6.07) is 11.5. The van der Waals surface area contributed by atoms with E-state index in [1.807, 2.05) is 43.9 Å². The number of aliphatic hydroxyl groups is 1. The van der Waals surface area contributed by atoms with Crippen molar-refractivity contribution in [2.75, 3.05) is 31.1 Å². The van der Waals surface area contributed by atoms with Gasteiger partial charge in [0.05, 0.1) is 24.9 Å². The third-order valence-corrected chi connectivity index (χ3v) is 5.55. The highest BCUT2D eigenvalue weighted by Crippen LogP contribution is 2.24. The number of aryl methyl sites for hydroxylation is 1. The monoisotopic (exact) mass is 442 g/mol. The third-order valence-electron chi connectivity index (χ3n) is 5.55. The fourth-order valence-electron chi connectivity index (χ4n) is 3.80. The molecule has 3 rings (SSSR count). The van der Waals surface area contributed by atoms with Gasteiger partial charge < -0.3 is 25.4 Å². The molecule has 0 aromatic heterocycles. The van der Waals surface area contributed by atoms with E-state index < -0.39 is 0 Å². The number of rotatable bonds is 8.